The fourth-order valence-electron chi connectivity index (χ4n) is 5.67. The summed E-state index contributed by atoms with van der Waals surface area (Å²) in [5, 5.41) is 2.45. The fourth-order valence-corrected chi connectivity index (χ4v) is 7.83. The van der Waals surface area contributed by atoms with Crippen LogP contribution < -0.4 is 5.32 Å². The Morgan fingerprint density at radius 1 is 1.06 bits per heavy atom. The molecule has 0 atom stereocenters. The van der Waals surface area contributed by atoms with Crippen LogP contribution in [0.1, 0.15) is 57.6 Å². The van der Waals surface area contributed by atoms with Crippen LogP contribution in [0.15, 0.2) is 48.5 Å². The number of fused-ring (bicyclic) bond motifs is 1. The Morgan fingerprint density at radius 2 is 1.71 bits per heavy atom. The van der Waals surface area contributed by atoms with Crippen molar-refractivity contribution < 1.29 is 9.13 Å². The zero-order valence-corrected chi connectivity index (χ0v) is 23.7. The Kier molecular flexibility index (Phi) is 7.34. The zero-order valence-electron chi connectivity index (χ0n) is 22.7. The van der Waals surface area contributed by atoms with Gasteiger partial charge in [-0.25, -0.2) is 4.39 Å². The summed E-state index contributed by atoms with van der Waals surface area (Å²) >= 11 is 0. The molecule has 2 aromatic carbocycles. The topological polar surface area (TPSA) is 28.3 Å². The highest BCUT2D eigenvalue weighted by Crippen LogP contribution is 2.43. The minimum atomic E-state index is -1.85. The molecule has 0 spiro atoms. The number of aromatic nitrogens is 1. The van der Waals surface area contributed by atoms with Gasteiger partial charge in [0, 0.05) is 33.9 Å². The van der Waals surface area contributed by atoms with Crippen LogP contribution in [0.25, 0.3) is 10.9 Å². The van der Waals surface area contributed by atoms with Gasteiger partial charge in [-0.05, 0) is 74.5 Å². The normalized spacial score (nSPS) is 21.7. The van der Waals surface area contributed by atoms with Crippen molar-refractivity contribution in [3.63, 3.8) is 0 Å². The minimum absolute atomic E-state index is 0.113. The Bertz CT molecular complexity index is 1140. The molecule has 3 nitrogen and oxygen atoms in total. The molecule has 1 heterocycles. The third-order valence-electron chi connectivity index (χ3n) is 9.07. The summed E-state index contributed by atoms with van der Waals surface area (Å²) < 4.78 is 20.6. The van der Waals surface area contributed by atoms with Gasteiger partial charge in [-0.2, -0.15) is 0 Å². The molecule has 0 amide bonds. The molecule has 1 aromatic heterocycles. The van der Waals surface area contributed by atoms with E-state index in [1.165, 1.54) is 10.9 Å². The van der Waals surface area contributed by atoms with Gasteiger partial charge < -0.3 is 9.72 Å². The standard InChI is InChI=1S/C30H43FN2OSi/c1-29(2,3)35(6,7)28-26(25-19-24(31)13-14-27(25)32-28)21-34-20-22-15-17-30(18-16-22,33(4)5)23-11-9-8-10-12-23/h8-14,19,22,32H,15-18,20-21H2,1-7H3. The Morgan fingerprint density at radius 3 is 2.31 bits per heavy atom. The predicted octanol–water partition coefficient (Wildman–Crippen LogP) is 7.19. The van der Waals surface area contributed by atoms with Gasteiger partial charge in [0.05, 0.1) is 6.61 Å². The maximum absolute atomic E-state index is 14.2. The molecule has 5 heteroatoms. The molecular formula is C30H43FN2OSi. The van der Waals surface area contributed by atoms with Crippen LogP contribution in [0.3, 0.4) is 0 Å². The van der Waals surface area contributed by atoms with Crippen LogP contribution in [0.4, 0.5) is 4.39 Å². The van der Waals surface area contributed by atoms with Gasteiger partial charge in [0.2, 0.25) is 0 Å². The highest BCUT2D eigenvalue weighted by molar-refractivity contribution is 6.92. The van der Waals surface area contributed by atoms with Crippen molar-refractivity contribution in [1.29, 1.82) is 0 Å². The van der Waals surface area contributed by atoms with Gasteiger partial charge in [0.25, 0.3) is 0 Å². The number of nitrogens with zero attached hydrogens (tertiary/aromatic N) is 1. The quantitative estimate of drug-likeness (QED) is 0.352. The first-order chi connectivity index (χ1) is 16.5. The van der Waals surface area contributed by atoms with E-state index in [0.717, 1.165) is 48.8 Å². The van der Waals surface area contributed by atoms with E-state index in [2.05, 4.69) is 88.2 Å². The maximum Gasteiger partial charge on any atom is 0.123 e. The first-order valence-corrected chi connectivity index (χ1v) is 16.1. The Hall–Kier alpha value is -1.95. The van der Waals surface area contributed by atoms with Gasteiger partial charge >= 0.3 is 0 Å². The van der Waals surface area contributed by atoms with Crippen molar-refractivity contribution >= 4 is 24.3 Å². The number of hydrogen-bond acceptors (Lipinski definition) is 2. The summed E-state index contributed by atoms with van der Waals surface area (Å²) in [7, 11) is 2.57. The second-order valence-electron chi connectivity index (χ2n) is 12.3. The third-order valence-corrected chi connectivity index (χ3v) is 14.5. The summed E-state index contributed by atoms with van der Waals surface area (Å²) in [6.45, 7) is 13.1. The second-order valence-corrected chi connectivity index (χ2v) is 17.5. The average Bonchev–Trinajstić information content (AvgIpc) is 3.17. The van der Waals surface area contributed by atoms with Crippen molar-refractivity contribution in [2.45, 2.75) is 76.7 Å². The molecule has 0 radical (unpaired) electrons. The molecule has 0 unspecified atom stereocenters. The summed E-state index contributed by atoms with van der Waals surface area (Å²) in [4.78, 5) is 6.09. The van der Waals surface area contributed by atoms with Crippen molar-refractivity contribution in [1.82, 2.24) is 9.88 Å². The number of halogens is 1. The number of nitrogens with one attached hydrogen (secondary N) is 1. The van der Waals surface area contributed by atoms with Crippen molar-refractivity contribution in [3.8, 4) is 0 Å². The lowest BCUT2D eigenvalue weighted by atomic mass is 9.72. The first-order valence-electron chi connectivity index (χ1n) is 13.1. The molecule has 4 rings (SSSR count). The number of aromatic amines is 1. The molecule has 0 aliphatic heterocycles. The van der Waals surface area contributed by atoms with E-state index < -0.39 is 8.07 Å². The van der Waals surface area contributed by atoms with Gasteiger partial charge in [-0.15, -0.1) is 0 Å². The van der Waals surface area contributed by atoms with Crippen LogP contribution in [0.2, 0.25) is 18.1 Å². The molecule has 0 bridgehead atoms. The van der Waals surface area contributed by atoms with E-state index in [0.29, 0.717) is 12.5 Å². The highest BCUT2D eigenvalue weighted by atomic mass is 28.3. The monoisotopic (exact) mass is 494 g/mol. The number of ether oxygens (including phenoxy) is 1. The smallest absolute Gasteiger partial charge is 0.123 e. The molecule has 1 fully saturated rings. The number of benzene rings is 2. The maximum atomic E-state index is 14.2. The van der Waals surface area contributed by atoms with Crippen LogP contribution in [0.5, 0.6) is 0 Å². The van der Waals surface area contributed by atoms with E-state index in [9.17, 15) is 4.39 Å². The van der Waals surface area contributed by atoms with Gasteiger partial charge in [-0.1, -0.05) is 64.2 Å². The summed E-state index contributed by atoms with van der Waals surface area (Å²) in [6, 6.07) is 16.0. The van der Waals surface area contributed by atoms with Gasteiger partial charge in [0.15, 0.2) is 0 Å². The average molecular weight is 495 g/mol. The van der Waals surface area contributed by atoms with Gasteiger partial charge in [-0.3, -0.25) is 4.90 Å². The fraction of sp³-hybridized carbons (Fsp3) is 0.533. The SMILES string of the molecule is CN(C)C1(c2ccccc2)CCC(COCc2c([Si](C)(C)C(C)(C)C)[nH]c3ccc(F)cc23)CC1. The molecule has 3 aromatic rings. The van der Waals surface area contributed by atoms with E-state index in [-0.39, 0.29) is 16.4 Å². The minimum Gasteiger partial charge on any atom is -0.376 e. The van der Waals surface area contributed by atoms with Crippen molar-refractivity contribution in [3.05, 3.63) is 65.5 Å². The van der Waals surface area contributed by atoms with Crippen molar-refractivity contribution in [2.75, 3.05) is 20.7 Å². The largest absolute Gasteiger partial charge is 0.376 e. The molecular weight excluding hydrogens is 451 g/mol. The van der Waals surface area contributed by atoms with E-state index in [4.69, 9.17) is 4.74 Å². The number of H-pyrrole nitrogens is 1. The molecule has 1 saturated carbocycles. The highest BCUT2D eigenvalue weighted by Gasteiger charge is 2.41. The molecule has 1 aliphatic carbocycles. The Balaban J connectivity index is 1.48. The van der Waals surface area contributed by atoms with E-state index in [1.807, 2.05) is 6.07 Å². The van der Waals surface area contributed by atoms with Crippen molar-refractivity contribution in [2.24, 2.45) is 5.92 Å². The van der Waals surface area contributed by atoms with Gasteiger partial charge in [0.1, 0.15) is 13.9 Å². The summed E-state index contributed by atoms with van der Waals surface area (Å²) in [6.07, 6.45) is 4.60. The third kappa shape index (κ3) is 5.00. The lowest BCUT2D eigenvalue weighted by molar-refractivity contribution is 0.0292. The van der Waals surface area contributed by atoms with E-state index in [1.54, 1.807) is 12.1 Å². The van der Waals surface area contributed by atoms with Crippen LogP contribution >= 0.6 is 0 Å². The molecule has 190 valence electrons. The summed E-state index contributed by atoms with van der Waals surface area (Å²) in [5.74, 6) is 0.373. The molecule has 0 saturated heterocycles. The molecule has 35 heavy (non-hydrogen) atoms. The number of rotatable bonds is 7. The molecule has 1 aliphatic rings. The van der Waals surface area contributed by atoms with Crippen LogP contribution in [-0.4, -0.2) is 38.7 Å². The van der Waals surface area contributed by atoms with E-state index >= 15 is 0 Å². The predicted molar refractivity (Wildman–Crippen MR) is 149 cm³/mol. The zero-order chi connectivity index (χ0) is 25.4. The number of hydrogen-bond donors (Lipinski definition) is 1. The van der Waals surface area contributed by atoms with Crippen LogP contribution in [0, 0.1) is 11.7 Å². The second kappa shape index (κ2) is 9.83. The molecule has 1 N–H and O–H groups in total. The first kappa shape index (κ1) is 26.1. The Labute approximate surface area is 212 Å². The summed E-state index contributed by atoms with van der Waals surface area (Å²) in [5.41, 5.74) is 3.71. The lowest BCUT2D eigenvalue weighted by Gasteiger charge is -2.45. The lowest BCUT2D eigenvalue weighted by Crippen LogP contribution is -2.51. The van der Waals surface area contributed by atoms with Crippen LogP contribution in [-0.2, 0) is 16.9 Å².